The van der Waals surface area contributed by atoms with Gasteiger partial charge in [-0.3, -0.25) is 4.99 Å². The van der Waals surface area contributed by atoms with E-state index in [0.29, 0.717) is 11.8 Å². The third kappa shape index (κ3) is 4.50. The molecule has 2 heterocycles. The first-order chi connectivity index (χ1) is 14.3. The highest BCUT2D eigenvalue weighted by Gasteiger charge is 2.28. The largest absolute Gasteiger partial charge is 0.495 e. The van der Waals surface area contributed by atoms with E-state index < -0.39 is 0 Å². The molecular weight excluding hydrogens is 360 g/mol. The Hall–Kier alpha value is -2.69. The van der Waals surface area contributed by atoms with Gasteiger partial charge < -0.3 is 19.9 Å². The van der Waals surface area contributed by atoms with E-state index in [4.69, 9.17) is 4.74 Å². The van der Waals surface area contributed by atoms with E-state index in [1.807, 2.05) is 19.2 Å². The number of nitrogens with one attached hydrogen (secondary N) is 1. The maximum absolute atomic E-state index is 5.54. The molecule has 5 nitrogen and oxygen atoms in total. The lowest BCUT2D eigenvalue weighted by molar-refractivity contribution is 0.414. The standard InChI is InChI=1S/C24H32N4O/c1-25-24(28-15-13-21(18-28)20-8-4-3-5-9-20)26-16-19-12-14-27(17-19)22-10-6-7-11-23(22)29-2/h3-11,19,21H,12-18H2,1-2H3,(H,25,26). The Morgan fingerprint density at radius 3 is 2.62 bits per heavy atom. The van der Waals surface area contributed by atoms with Crippen LogP contribution < -0.4 is 15.0 Å². The third-order valence-electron chi connectivity index (χ3n) is 6.23. The second-order valence-corrected chi connectivity index (χ2v) is 8.04. The summed E-state index contributed by atoms with van der Waals surface area (Å²) in [4.78, 5) is 9.41. The Balaban J connectivity index is 1.30. The van der Waals surface area contributed by atoms with Crippen molar-refractivity contribution in [3.05, 3.63) is 60.2 Å². The number of nitrogens with zero attached hydrogens (tertiary/aromatic N) is 3. The fourth-order valence-electron chi connectivity index (χ4n) is 4.63. The van der Waals surface area contributed by atoms with Crippen LogP contribution in [-0.2, 0) is 0 Å². The van der Waals surface area contributed by atoms with Gasteiger partial charge in [-0.25, -0.2) is 0 Å². The molecule has 29 heavy (non-hydrogen) atoms. The van der Waals surface area contributed by atoms with Gasteiger partial charge in [0.1, 0.15) is 5.75 Å². The molecule has 2 fully saturated rings. The van der Waals surface area contributed by atoms with Crippen molar-refractivity contribution in [3.63, 3.8) is 0 Å². The number of aliphatic imine (C=N–C) groups is 1. The number of ether oxygens (including phenoxy) is 1. The van der Waals surface area contributed by atoms with Crippen LogP contribution in [0.4, 0.5) is 5.69 Å². The molecule has 0 saturated carbocycles. The Morgan fingerprint density at radius 1 is 1.03 bits per heavy atom. The topological polar surface area (TPSA) is 40.1 Å². The summed E-state index contributed by atoms with van der Waals surface area (Å²) in [6.45, 7) is 5.20. The quantitative estimate of drug-likeness (QED) is 0.624. The zero-order valence-corrected chi connectivity index (χ0v) is 17.6. The van der Waals surface area contributed by atoms with Crippen molar-refractivity contribution in [2.75, 3.05) is 51.8 Å². The lowest BCUT2D eigenvalue weighted by Crippen LogP contribution is -2.42. The van der Waals surface area contributed by atoms with Crippen molar-refractivity contribution in [1.82, 2.24) is 10.2 Å². The predicted octanol–water partition coefficient (Wildman–Crippen LogP) is 3.59. The van der Waals surface area contributed by atoms with Crippen LogP contribution in [0.15, 0.2) is 59.6 Å². The summed E-state index contributed by atoms with van der Waals surface area (Å²) in [6.07, 6.45) is 2.38. The van der Waals surface area contributed by atoms with Crippen LogP contribution in [0.5, 0.6) is 5.75 Å². The van der Waals surface area contributed by atoms with E-state index >= 15 is 0 Å². The van der Waals surface area contributed by atoms with Gasteiger partial charge in [-0.05, 0) is 36.5 Å². The molecule has 1 N–H and O–H groups in total. The molecule has 2 aliphatic rings. The monoisotopic (exact) mass is 392 g/mol. The minimum Gasteiger partial charge on any atom is -0.495 e. The first kappa shape index (κ1) is 19.6. The van der Waals surface area contributed by atoms with Crippen LogP contribution in [-0.4, -0.2) is 57.7 Å². The normalized spacial score (nSPS) is 22.2. The summed E-state index contributed by atoms with van der Waals surface area (Å²) < 4.78 is 5.54. The molecule has 5 heteroatoms. The highest BCUT2D eigenvalue weighted by atomic mass is 16.5. The van der Waals surface area contributed by atoms with Gasteiger partial charge in [-0.15, -0.1) is 0 Å². The van der Waals surface area contributed by atoms with Crippen molar-refractivity contribution < 1.29 is 4.74 Å². The Bertz CT molecular complexity index is 823. The van der Waals surface area contributed by atoms with Crippen LogP contribution in [0.1, 0.15) is 24.3 Å². The second-order valence-electron chi connectivity index (χ2n) is 8.04. The van der Waals surface area contributed by atoms with Crippen molar-refractivity contribution in [2.24, 2.45) is 10.9 Å². The highest BCUT2D eigenvalue weighted by molar-refractivity contribution is 5.80. The number of methoxy groups -OCH3 is 1. The number of hydrogen-bond acceptors (Lipinski definition) is 3. The number of rotatable bonds is 5. The van der Waals surface area contributed by atoms with Gasteiger partial charge in [-0.2, -0.15) is 0 Å². The van der Waals surface area contributed by atoms with E-state index in [-0.39, 0.29) is 0 Å². The molecule has 0 radical (unpaired) electrons. The molecule has 4 rings (SSSR count). The third-order valence-corrected chi connectivity index (χ3v) is 6.23. The SMILES string of the molecule is CN=C(NCC1CCN(c2ccccc2OC)C1)N1CCC(c2ccccc2)C1. The molecule has 0 aromatic heterocycles. The smallest absolute Gasteiger partial charge is 0.193 e. The summed E-state index contributed by atoms with van der Waals surface area (Å²) in [5.41, 5.74) is 2.64. The molecule has 2 aliphatic heterocycles. The molecule has 2 atom stereocenters. The van der Waals surface area contributed by atoms with Crippen molar-refractivity contribution in [3.8, 4) is 5.75 Å². The lowest BCUT2D eigenvalue weighted by atomic mass is 9.99. The van der Waals surface area contributed by atoms with Gasteiger partial charge in [0.25, 0.3) is 0 Å². The summed E-state index contributed by atoms with van der Waals surface area (Å²) in [7, 11) is 3.64. The summed E-state index contributed by atoms with van der Waals surface area (Å²) in [5.74, 6) is 3.21. The van der Waals surface area contributed by atoms with Crippen molar-refractivity contribution in [1.29, 1.82) is 0 Å². The van der Waals surface area contributed by atoms with Crippen LogP contribution >= 0.6 is 0 Å². The number of hydrogen-bond donors (Lipinski definition) is 1. The maximum Gasteiger partial charge on any atom is 0.193 e. The van der Waals surface area contributed by atoms with Gasteiger partial charge in [0.05, 0.1) is 12.8 Å². The van der Waals surface area contributed by atoms with E-state index in [1.165, 1.54) is 24.1 Å². The van der Waals surface area contributed by atoms with Crippen molar-refractivity contribution in [2.45, 2.75) is 18.8 Å². The van der Waals surface area contributed by atoms with Gasteiger partial charge in [0.15, 0.2) is 5.96 Å². The fourth-order valence-corrected chi connectivity index (χ4v) is 4.63. The lowest BCUT2D eigenvalue weighted by Gasteiger charge is -2.24. The molecule has 2 saturated heterocycles. The number of likely N-dealkylation sites (tertiary alicyclic amines) is 1. The molecule has 0 aliphatic carbocycles. The molecule has 0 bridgehead atoms. The van der Waals surface area contributed by atoms with Crippen molar-refractivity contribution >= 4 is 11.6 Å². The molecule has 2 aromatic carbocycles. The van der Waals surface area contributed by atoms with Crippen LogP contribution in [0, 0.1) is 5.92 Å². The highest BCUT2D eigenvalue weighted by Crippen LogP contribution is 2.32. The minimum atomic E-state index is 0.599. The molecule has 0 amide bonds. The second kappa shape index (κ2) is 9.21. The van der Waals surface area contributed by atoms with Crippen LogP contribution in [0.3, 0.4) is 0 Å². The zero-order valence-electron chi connectivity index (χ0n) is 17.6. The van der Waals surface area contributed by atoms with Gasteiger partial charge >= 0.3 is 0 Å². The van der Waals surface area contributed by atoms with Gasteiger partial charge in [-0.1, -0.05) is 42.5 Å². The van der Waals surface area contributed by atoms with Crippen LogP contribution in [0.25, 0.3) is 0 Å². The molecule has 2 aromatic rings. The van der Waals surface area contributed by atoms with E-state index in [0.717, 1.165) is 44.4 Å². The number of guanidine groups is 1. The summed E-state index contributed by atoms with van der Waals surface area (Å²) in [6, 6.07) is 19.2. The first-order valence-electron chi connectivity index (χ1n) is 10.7. The Morgan fingerprint density at radius 2 is 1.83 bits per heavy atom. The fraction of sp³-hybridized carbons (Fsp3) is 0.458. The Kier molecular flexibility index (Phi) is 6.23. The zero-order chi connectivity index (χ0) is 20.1. The number of anilines is 1. The number of para-hydroxylation sites is 2. The van der Waals surface area contributed by atoms with Gasteiger partial charge in [0.2, 0.25) is 0 Å². The average Bonchev–Trinajstić information content (AvgIpc) is 3.45. The number of benzene rings is 2. The van der Waals surface area contributed by atoms with E-state index in [1.54, 1.807) is 7.11 Å². The Labute approximate surface area is 174 Å². The minimum absolute atomic E-state index is 0.599. The van der Waals surface area contributed by atoms with E-state index in [2.05, 4.69) is 62.6 Å². The van der Waals surface area contributed by atoms with E-state index in [9.17, 15) is 0 Å². The molecule has 2 unspecified atom stereocenters. The summed E-state index contributed by atoms with van der Waals surface area (Å²) in [5, 5.41) is 3.64. The average molecular weight is 393 g/mol. The van der Waals surface area contributed by atoms with Gasteiger partial charge in [0, 0.05) is 45.7 Å². The summed E-state index contributed by atoms with van der Waals surface area (Å²) >= 11 is 0. The maximum atomic E-state index is 5.54. The predicted molar refractivity (Wildman–Crippen MR) is 120 cm³/mol. The molecular formula is C24H32N4O. The first-order valence-corrected chi connectivity index (χ1v) is 10.7. The molecule has 0 spiro atoms. The molecule has 154 valence electrons. The van der Waals surface area contributed by atoms with Crippen LogP contribution in [0.2, 0.25) is 0 Å².